The first-order chi connectivity index (χ1) is 10.7. The lowest BCUT2D eigenvalue weighted by Crippen LogP contribution is -2.47. The van der Waals surface area contributed by atoms with E-state index in [1.807, 2.05) is 6.07 Å². The number of carbonyl (C=O) groups excluding carboxylic acids is 1. The van der Waals surface area contributed by atoms with Gasteiger partial charge in [0.25, 0.3) is 5.95 Å². The van der Waals surface area contributed by atoms with Crippen LogP contribution in [0.1, 0.15) is 6.42 Å². The van der Waals surface area contributed by atoms with Gasteiger partial charge < -0.3 is 10.6 Å². The van der Waals surface area contributed by atoms with Gasteiger partial charge in [-0.25, -0.2) is 9.97 Å². The standard InChI is InChI=1S/C15H18FN5O/c16-14-15(20-12-5-2-1-4-11(12)19-14)18-6-3-8-21-9-7-17-13(22)10-21/h1-2,4-5H,3,6-10H2,(H,17,22)(H,18,20). The molecule has 1 aliphatic heterocycles. The Morgan fingerprint density at radius 3 is 2.82 bits per heavy atom. The van der Waals surface area contributed by atoms with Crippen molar-refractivity contribution >= 4 is 22.8 Å². The summed E-state index contributed by atoms with van der Waals surface area (Å²) in [5.41, 5.74) is 1.21. The summed E-state index contributed by atoms with van der Waals surface area (Å²) >= 11 is 0. The van der Waals surface area contributed by atoms with Crippen LogP contribution in [0.4, 0.5) is 10.2 Å². The van der Waals surface area contributed by atoms with Crippen molar-refractivity contribution in [2.45, 2.75) is 6.42 Å². The zero-order chi connectivity index (χ0) is 15.4. The first kappa shape index (κ1) is 14.6. The van der Waals surface area contributed by atoms with E-state index in [2.05, 4.69) is 25.5 Å². The molecule has 0 bridgehead atoms. The molecular formula is C15H18FN5O. The number of piperazine rings is 1. The second kappa shape index (κ2) is 6.65. The van der Waals surface area contributed by atoms with Crippen molar-refractivity contribution < 1.29 is 9.18 Å². The number of benzene rings is 1. The molecule has 1 aliphatic rings. The average Bonchev–Trinajstić information content (AvgIpc) is 2.52. The van der Waals surface area contributed by atoms with Crippen LogP contribution in [-0.4, -0.2) is 53.5 Å². The van der Waals surface area contributed by atoms with E-state index in [1.54, 1.807) is 18.2 Å². The number of fused-ring (bicyclic) bond motifs is 1. The Hall–Kier alpha value is -2.28. The molecule has 7 heteroatoms. The van der Waals surface area contributed by atoms with Gasteiger partial charge in [-0.05, 0) is 18.6 Å². The highest BCUT2D eigenvalue weighted by Crippen LogP contribution is 2.15. The molecule has 2 N–H and O–H groups in total. The number of hydrogen-bond donors (Lipinski definition) is 2. The van der Waals surface area contributed by atoms with Crippen LogP contribution >= 0.6 is 0 Å². The van der Waals surface area contributed by atoms with Crippen LogP contribution in [0.15, 0.2) is 24.3 Å². The van der Waals surface area contributed by atoms with Gasteiger partial charge in [0, 0.05) is 26.2 Å². The monoisotopic (exact) mass is 303 g/mol. The van der Waals surface area contributed by atoms with Gasteiger partial charge in [0.2, 0.25) is 5.91 Å². The molecule has 1 saturated heterocycles. The predicted octanol–water partition coefficient (Wildman–Crippen LogP) is 1.00. The minimum absolute atomic E-state index is 0.0608. The van der Waals surface area contributed by atoms with Crippen molar-refractivity contribution in [3.05, 3.63) is 30.2 Å². The number of nitrogens with zero attached hydrogens (tertiary/aromatic N) is 3. The van der Waals surface area contributed by atoms with Gasteiger partial charge in [-0.2, -0.15) is 4.39 Å². The zero-order valence-electron chi connectivity index (χ0n) is 12.2. The van der Waals surface area contributed by atoms with E-state index in [1.165, 1.54) is 0 Å². The van der Waals surface area contributed by atoms with Crippen LogP contribution in [0, 0.1) is 5.95 Å². The average molecular weight is 303 g/mol. The molecule has 2 aromatic rings. The molecule has 1 fully saturated rings. The molecule has 2 heterocycles. The lowest BCUT2D eigenvalue weighted by Gasteiger charge is -2.26. The summed E-state index contributed by atoms with van der Waals surface area (Å²) < 4.78 is 13.9. The molecule has 22 heavy (non-hydrogen) atoms. The summed E-state index contributed by atoms with van der Waals surface area (Å²) in [4.78, 5) is 21.5. The van der Waals surface area contributed by atoms with Crippen LogP contribution in [0.2, 0.25) is 0 Å². The lowest BCUT2D eigenvalue weighted by molar-refractivity contribution is -0.124. The largest absolute Gasteiger partial charge is 0.366 e. The van der Waals surface area contributed by atoms with Gasteiger partial charge in [-0.1, -0.05) is 12.1 Å². The first-order valence-corrected chi connectivity index (χ1v) is 7.37. The summed E-state index contributed by atoms with van der Waals surface area (Å²) in [6, 6.07) is 7.19. The number of carbonyl (C=O) groups is 1. The Balaban J connectivity index is 1.53. The Kier molecular flexibility index (Phi) is 4.43. The van der Waals surface area contributed by atoms with E-state index in [4.69, 9.17) is 0 Å². The van der Waals surface area contributed by atoms with Crippen molar-refractivity contribution in [1.82, 2.24) is 20.2 Å². The van der Waals surface area contributed by atoms with Gasteiger partial charge in [-0.3, -0.25) is 9.69 Å². The fraction of sp³-hybridized carbons (Fsp3) is 0.400. The SMILES string of the molecule is O=C1CN(CCCNc2nc3ccccc3nc2F)CCN1. The predicted molar refractivity (Wildman–Crippen MR) is 82.1 cm³/mol. The molecule has 0 radical (unpaired) electrons. The van der Waals surface area contributed by atoms with E-state index >= 15 is 0 Å². The van der Waals surface area contributed by atoms with Crippen molar-refractivity contribution in [3.8, 4) is 0 Å². The molecule has 0 unspecified atom stereocenters. The molecule has 3 rings (SSSR count). The summed E-state index contributed by atoms with van der Waals surface area (Å²) in [5, 5.41) is 5.77. The highest BCUT2D eigenvalue weighted by Gasteiger charge is 2.15. The minimum Gasteiger partial charge on any atom is -0.366 e. The topological polar surface area (TPSA) is 70.2 Å². The molecule has 0 aliphatic carbocycles. The maximum atomic E-state index is 13.9. The Morgan fingerprint density at radius 1 is 1.27 bits per heavy atom. The number of hydrogen-bond acceptors (Lipinski definition) is 5. The number of amides is 1. The number of rotatable bonds is 5. The van der Waals surface area contributed by atoms with Crippen LogP contribution in [0.3, 0.4) is 0 Å². The molecule has 6 nitrogen and oxygen atoms in total. The highest BCUT2D eigenvalue weighted by molar-refractivity contribution is 5.78. The zero-order valence-corrected chi connectivity index (χ0v) is 12.2. The third-order valence-electron chi connectivity index (χ3n) is 3.59. The number of halogens is 1. The molecule has 0 spiro atoms. The summed E-state index contributed by atoms with van der Waals surface area (Å²) in [7, 11) is 0. The highest BCUT2D eigenvalue weighted by atomic mass is 19.1. The van der Waals surface area contributed by atoms with Crippen molar-refractivity contribution in [3.63, 3.8) is 0 Å². The minimum atomic E-state index is -0.587. The van der Waals surface area contributed by atoms with E-state index in [9.17, 15) is 9.18 Å². The normalized spacial score (nSPS) is 15.8. The second-order valence-corrected chi connectivity index (χ2v) is 5.26. The number of anilines is 1. The van der Waals surface area contributed by atoms with Crippen molar-refractivity contribution in [2.75, 3.05) is 38.0 Å². The fourth-order valence-electron chi connectivity index (χ4n) is 2.48. The van der Waals surface area contributed by atoms with Crippen molar-refractivity contribution in [1.29, 1.82) is 0 Å². The molecule has 1 aromatic carbocycles. The van der Waals surface area contributed by atoms with Gasteiger partial charge in [0.15, 0.2) is 5.82 Å². The first-order valence-electron chi connectivity index (χ1n) is 7.37. The third-order valence-corrected chi connectivity index (χ3v) is 3.59. The summed E-state index contributed by atoms with van der Waals surface area (Å²) in [6.45, 7) is 3.36. The van der Waals surface area contributed by atoms with Crippen LogP contribution in [-0.2, 0) is 4.79 Å². The van der Waals surface area contributed by atoms with E-state index in [0.29, 0.717) is 30.7 Å². The lowest BCUT2D eigenvalue weighted by atomic mass is 10.3. The molecular weight excluding hydrogens is 285 g/mol. The van der Waals surface area contributed by atoms with E-state index < -0.39 is 5.95 Å². The molecule has 1 aromatic heterocycles. The maximum Gasteiger partial charge on any atom is 0.256 e. The Bertz CT molecular complexity index is 678. The summed E-state index contributed by atoms with van der Waals surface area (Å²) in [6.07, 6.45) is 0.807. The Labute approximate surface area is 127 Å². The second-order valence-electron chi connectivity index (χ2n) is 5.26. The van der Waals surface area contributed by atoms with Crippen LogP contribution in [0.5, 0.6) is 0 Å². The van der Waals surface area contributed by atoms with E-state index in [-0.39, 0.29) is 11.7 Å². The van der Waals surface area contributed by atoms with Crippen LogP contribution in [0.25, 0.3) is 11.0 Å². The maximum absolute atomic E-state index is 13.9. The quantitative estimate of drug-likeness (QED) is 0.807. The number of aromatic nitrogens is 2. The molecule has 0 saturated carbocycles. The van der Waals surface area contributed by atoms with Gasteiger partial charge in [-0.15, -0.1) is 0 Å². The molecule has 116 valence electrons. The number of para-hydroxylation sites is 2. The summed E-state index contributed by atoms with van der Waals surface area (Å²) in [5.74, 6) is -0.350. The number of nitrogens with one attached hydrogen (secondary N) is 2. The van der Waals surface area contributed by atoms with Crippen molar-refractivity contribution in [2.24, 2.45) is 0 Å². The van der Waals surface area contributed by atoms with E-state index in [0.717, 1.165) is 19.5 Å². The Morgan fingerprint density at radius 2 is 2.05 bits per heavy atom. The van der Waals surface area contributed by atoms with Gasteiger partial charge in [0.05, 0.1) is 17.6 Å². The molecule has 0 atom stereocenters. The smallest absolute Gasteiger partial charge is 0.256 e. The van der Waals surface area contributed by atoms with Crippen LogP contribution < -0.4 is 10.6 Å². The fourth-order valence-corrected chi connectivity index (χ4v) is 2.48. The van der Waals surface area contributed by atoms with Gasteiger partial charge >= 0.3 is 0 Å². The van der Waals surface area contributed by atoms with Gasteiger partial charge in [0.1, 0.15) is 0 Å². The third kappa shape index (κ3) is 3.48. The molecule has 1 amide bonds.